The van der Waals surface area contributed by atoms with E-state index in [1.165, 1.54) is 0 Å². The van der Waals surface area contributed by atoms with Crippen LogP contribution in [0.1, 0.15) is 12.5 Å². The highest BCUT2D eigenvalue weighted by atomic mass is 79.9. The van der Waals surface area contributed by atoms with E-state index in [0.717, 1.165) is 21.2 Å². The molecule has 4 heteroatoms. The topological polar surface area (TPSA) is 57.5 Å². The zero-order chi connectivity index (χ0) is 15.4. The van der Waals surface area contributed by atoms with Gasteiger partial charge in [-0.15, -0.1) is 0 Å². The molecule has 0 fully saturated rings. The molecule has 0 aliphatic carbocycles. The van der Waals surface area contributed by atoms with Gasteiger partial charge in [-0.3, -0.25) is 0 Å². The first-order chi connectivity index (χ1) is 9.99. The average molecular weight is 349 g/mol. The fourth-order valence-electron chi connectivity index (χ4n) is 2.24. The first-order valence-corrected chi connectivity index (χ1v) is 7.53. The molecule has 2 rings (SSSR count). The molecule has 21 heavy (non-hydrogen) atoms. The highest BCUT2D eigenvalue weighted by molar-refractivity contribution is 9.10. The summed E-state index contributed by atoms with van der Waals surface area (Å²) >= 11 is 3.53. The van der Waals surface area contributed by atoms with Crippen LogP contribution in [-0.4, -0.2) is 22.3 Å². The van der Waals surface area contributed by atoms with Crippen molar-refractivity contribution in [3.8, 4) is 11.1 Å². The van der Waals surface area contributed by atoms with Gasteiger partial charge in [0, 0.05) is 4.47 Å². The molecule has 0 heterocycles. The molecule has 110 valence electrons. The number of halogens is 1. The van der Waals surface area contributed by atoms with Crippen molar-refractivity contribution in [1.29, 1.82) is 0 Å². The summed E-state index contributed by atoms with van der Waals surface area (Å²) in [6.07, 6.45) is -0.795. The predicted molar refractivity (Wildman–Crippen MR) is 86.1 cm³/mol. The van der Waals surface area contributed by atoms with E-state index in [2.05, 4.69) is 15.9 Å². The van der Waals surface area contributed by atoms with Crippen molar-refractivity contribution >= 4 is 21.9 Å². The Balaban J connectivity index is 2.13. The number of carboxylic acids is 1. The monoisotopic (exact) mass is 348 g/mol. The van der Waals surface area contributed by atoms with E-state index in [1.54, 1.807) is 6.92 Å². The molecule has 0 aromatic heterocycles. The fraction of sp³-hybridized carbons (Fsp3) is 0.235. The van der Waals surface area contributed by atoms with Crippen LogP contribution in [0.25, 0.3) is 11.1 Å². The van der Waals surface area contributed by atoms with Gasteiger partial charge in [-0.05, 0) is 35.1 Å². The first kappa shape index (κ1) is 15.7. The molecular formula is C17H17BrO3. The highest BCUT2D eigenvalue weighted by Crippen LogP contribution is 2.28. The van der Waals surface area contributed by atoms with E-state index < -0.39 is 12.1 Å². The molecule has 2 N–H and O–H groups in total. The van der Waals surface area contributed by atoms with Crippen molar-refractivity contribution < 1.29 is 15.0 Å². The van der Waals surface area contributed by atoms with Crippen LogP contribution in [0.2, 0.25) is 0 Å². The second-order valence-electron chi connectivity index (χ2n) is 5.14. The lowest BCUT2D eigenvalue weighted by Crippen LogP contribution is -2.28. The molecule has 0 saturated carbocycles. The first-order valence-electron chi connectivity index (χ1n) is 6.73. The summed E-state index contributed by atoms with van der Waals surface area (Å²) in [6.45, 7) is 1.74. The Morgan fingerprint density at radius 2 is 1.76 bits per heavy atom. The Bertz CT molecular complexity index is 622. The van der Waals surface area contributed by atoms with Gasteiger partial charge >= 0.3 is 5.97 Å². The Labute approximate surface area is 132 Å². The standard InChI is InChI=1S/C17H17BrO3/c1-11(16(19)17(20)21)10-12-6-8-13(9-7-12)14-4-2-3-5-15(14)18/h2-9,11,16,19H,10H2,1H3,(H,20,21). The van der Waals surface area contributed by atoms with E-state index >= 15 is 0 Å². The summed E-state index contributed by atoms with van der Waals surface area (Å²) in [5.41, 5.74) is 3.22. The van der Waals surface area contributed by atoms with Crippen molar-refractivity contribution in [2.24, 2.45) is 5.92 Å². The molecule has 0 bridgehead atoms. The normalized spacial score (nSPS) is 13.7. The van der Waals surface area contributed by atoms with Gasteiger partial charge in [-0.1, -0.05) is 65.3 Å². The number of hydrogen-bond donors (Lipinski definition) is 2. The lowest BCUT2D eigenvalue weighted by molar-refractivity contribution is -0.149. The van der Waals surface area contributed by atoms with Gasteiger partial charge < -0.3 is 10.2 Å². The number of carboxylic acid groups (broad SMARTS) is 1. The summed E-state index contributed by atoms with van der Waals surface area (Å²) in [7, 11) is 0. The minimum Gasteiger partial charge on any atom is -0.479 e. The summed E-state index contributed by atoms with van der Waals surface area (Å²) in [4.78, 5) is 10.8. The van der Waals surface area contributed by atoms with Gasteiger partial charge in [0.1, 0.15) is 0 Å². The maximum Gasteiger partial charge on any atom is 0.332 e. The van der Waals surface area contributed by atoms with Crippen molar-refractivity contribution in [2.75, 3.05) is 0 Å². The SMILES string of the molecule is CC(Cc1ccc(-c2ccccc2Br)cc1)C(O)C(=O)O. The number of hydrogen-bond acceptors (Lipinski definition) is 2. The van der Waals surface area contributed by atoms with Gasteiger partial charge in [0.25, 0.3) is 0 Å². The second kappa shape index (κ2) is 6.87. The largest absolute Gasteiger partial charge is 0.479 e. The second-order valence-corrected chi connectivity index (χ2v) is 6.00. The number of aliphatic hydroxyl groups is 1. The van der Waals surface area contributed by atoms with Crippen LogP contribution in [0, 0.1) is 5.92 Å². The van der Waals surface area contributed by atoms with Gasteiger partial charge in [-0.25, -0.2) is 4.79 Å². The Hall–Kier alpha value is -1.65. The highest BCUT2D eigenvalue weighted by Gasteiger charge is 2.21. The van der Waals surface area contributed by atoms with Crippen LogP contribution in [0.4, 0.5) is 0 Å². The quantitative estimate of drug-likeness (QED) is 0.865. The molecule has 0 radical (unpaired) electrons. The Kier molecular flexibility index (Phi) is 5.15. The van der Waals surface area contributed by atoms with Crippen molar-refractivity contribution in [1.82, 2.24) is 0 Å². The lowest BCUT2D eigenvalue weighted by atomic mass is 9.94. The minimum absolute atomic E-state index is 0.322. The lowest BCUT2D eigenvalue weighted by Gasteiger charge is -2.15. The number of carbonyl (C=O) groups is 1. The summed E-state index contributed by atoms with van der Waals surface area (Å²) in [6, 6.07) is 15.9. The molecule has 2 aromatic rings. The van der Waals surface area contributed by atoms with E-state index in [4.69, 9.17) is 5.11 Å². The number of aliphatic hydroxyl groups excluding tert-OH is 1. The number of rotatable bonds is 5. The van der Waals surface area contributed by atoms with Crippen LogP contribution in [0.15, 0.2) is 53.0 Å². The van der Waals surface area contributed by atoms with Crippen LogP contribution >= 0.6 is 15.9 Å². The molecule has 0 spiro atoms. The van der Waals surface area contributed by atoms with Gasteiger partial charge in [0.15, 0.2) is 6.10 Å². The summed E-state index contributed by atoms with van der Waals surface area (Å²) in [5, 5.41) is 18.3. The van der Waals surface area contributed by atoms with Crippen molar-refractivity contribution in [2.45, 2.75) is 19.4 Å². The van der Waals surface area contributed by atoms with Crippen LogP contribution in [0.3, 0.4) is 0 Å². The maximum absolute atomic E-state index is 10.8. The third-order valence-electron chi connectivity index (χ3n) is 3.49. The average Bonchev–Trinajstić information content (AvgIpc) is 2.47. The van der Waals surface area contributed by atoms with Crippen LogP contribution in [-0.2, 0) is 11.2 Å². The van der Waals surface area contributed by atoms with E-state index in [-0.39, 0.29) is 5.92 Å². The van der Waals surface area contributed by atoms with E-state index in [1.807, 2.05) is 48.5 Å². The fourth-order valence-corrected chi connectivity index (χ4v) is 2.76. The summed E-state index contributed by atoms with van der Waals surface area (Å²) in [5.74, 6) is -1.50. The summed E-state index contributed by atoms with van der Waals surface area (Å²) < 4.78 is 1.03. The predicted octanol–water partition coefficient (Wildman–Crippen LogP) is 3.74. The molecule has 0 aliphatic heterocycles. The maximum atomic E-state index is 10.8. The molecule has 0 amide bonds. The smallest absolute Gasteiger partial charge is 0.332 e. The van der Waals surface area contributed by atoms with Gasteiger partial charge in [0.2, 0.25) is 0 Å². The molecule has 2 unspecified atom stereocenters. The van der Waals surface area contributed by atoms with Crippen molar-refractivity contribution in [3.63, 3.8) is 0 Å². The molecular weight excluding hydrogens is 332 g/mol. The number of benzene rings is 2. The van der Waals surface area contributed by atoms with E-state index in [0.29, 0.717) is 6.42 Å². The third-order valence-corrected chi connectivity index (χ3v) is 4.18. The zero-order valence-corrected chi connectivity index (χ0v) is 13.2. The van der Waals surface area contributed by atoms with E-state index in [9.17, 15) is 9.90 Å². The zero-order valence-electron chi connectivity index (χ0n) is 11.7. The van der Waals surface area contributed by atoms with Crippen LogP contribution in [0.5, 0.6) is 0 Å². The Morgan fingerprint density at radius 1 is 1.14 bits per heavy atom. The van der Waals surface area contributed by atoms with Gasteiger partial charge in [-0.2, -0.15) is 0 Å². The van der Waals surface area contributed by atoms with Gasteiger partial charge in [0.05, 0.1) is 0 Å². The number of aliphatic carboxylic acids is 1. The molecule has 0 aliphatic rings. The Morgan fingerprint density at radius 3 is 2.33 bits per heavy atom. The third kappa shape index (κ3) is 3.93. The van der Waals surface area contributed by atoms with Crippen LogP contribution < -0.4 is 0 Å². The molecule has 0 saturated heterocycles. The molecule has 3 nitrogen and oxygen atoms in total. The molecule has 2 atom stereocenters. The molecule has 2 aromatic carbocycles. The minimum atomic E-state index is -1.33. The van der Waals surface area contributed by atoms with Crippen molar-refractivity contribution in [3.05, 3.63) is 58.6 Å².